The van der Waals surface area contributed by atoms with E-state index in [0.29, 0.717) is 0 Å². The molecule has 3 heteroatoms. The van der Waals surface area contributed by atoms with Crippen molar-refractivity contribution in [2.75, 3.05) is 0 Å². The van der Waals surface area contributed by atoms with Crippen LogP contribution in [0.4, 0.5) is 0 Å². The summed E-state index contributed by atoms with van der Waals surface area (Å²) in [7, 11) is 0. The highest BCUT2D eigenvalue weighted by Gasteiger charge is 2.02. The van der Waals surface area contributed by atoms with Crippen molar-refractivity contribution in [1.29, 1.82) is 0 Å². The van der Waals surface area contributed by atoms with Crippen molar-refractivity contribution < 1.29 is 0 Å². The second-order valence-corrected chi connectivity index (χ2v) is 4.37. The summed E-state index contributed by atoms with van der Waals surface area (Å²) in [6.07, 6.45) is 1.84. The summed E-state index contributed by atoms with van der Waals surface area (Å²) in [5, 5.41) is 3.10. The number of hydrogen-bond acceptors (Lipinski definition) is 2. The molecule has 2 rings (SSSR count). The fraction of sp³-hybridized carbons (Fsp3) is 0. The van der Waals surface area contributed by atoms with Crippen molar-refractivity contribution in [2.45, 2.75) is 0 Å². The van der Waals surface area contributed by atoms with E-state index in [-0.39, 0.29) is 0 Å². The zero-order chi connectivity index (χ0) is 8.39. The lowest BCUT2D eigenvalue weighted by Gasteiger charge is -1.97. The second kappa shape index (κ2) is 3.53. The van der Waals surface area contributed by atoms with Crippen molar-refractivity contribution in [3.8, 4) is 10.6 Å². The van der Waals surface area contributed by atoms with E-state index in [2.05, 4.69) is 39.7 Å². The van der Waals surface area contributed by atoms with Crippen LogP contribution in [-0.2, 0) is 0 Å². The molecule has 0 aliphatic rings. The first-order valence-corrected chi connectivity index (χ1v) is 5.48. The zero-order valence-corrected chi connectivity index (χ0v) is 9.17. The quantitative estimate of drug-likeness (QED) is 0.732. The van der Waals surface area contributed by atoms with Crippen molar-refractivity contribution in [3.63, 3.8) is 0 Å². The van der Waals surface area contributed by atoms with Gasteiger partial charge < -0.3 is 0 Å². The number of benzene rings is 1. The first-order chi connectivity index (χ1) is 5.88. The Bertz CT molecular complexity index is 370. The third-order valence-corrected chi connectivity index (χ3v) is 3.28. The van der Waals surface area contributed by atoms with Gasteiger partial charge in [0.2, 0.25) is 0 Å². The monoisotopic (exact) mass is 287 g/mol. The Morgan fingerprint density at radius 1 is 1.25 bits per heavy atom. The van der Waals surface area contributed by atoms with E-state index in [1.165, 1.54) is 9.13 Å². The van der Waals surface area contributed by atoms with Crippen LogP contribution in [-0.4, -0.2) is 4.98 Å². The van der Waals surface area contributed by atoms with E-state index >= 15 is 0 Å². The van der Waals surface area contributed by atoms with Crippen LogP contribution in [0.2, 0.25) is 0 Å². The van der Waals surface area contributed by atoms with E-state index in [9.17, 15) is 0 Å². The summed E-state index contributed by atoms with van der Waals surface area (Å²) in [5.74, 6) is 0. The maximum atomic E-state index is 4.26. The van der Waals surface area contributed by atoms with Crippen molar-refractivity contribution >= 4 is 33.9 Å². The number of rotatable bonds is 1. The van der Waals surface area contributed by atoms with Gasteiger partial charge in [-0.15, -0.1) is 11.3 Å². The molecule has 12 heavy (non-hydrogen) atoms. The first-order valence-electron chi connectivity index (χ1n) is 3.52. The van der Waals surface area contributed by atoms with Gasteiger partial charge in [-0.2, -0.15) is 0 Å². The lowest BCUT2D eigenvalue weighted by molar-refractivity contribution is 1.41. The summed E-state index contributed by atoms with van der Waals surface area (Å²) in [6, 6.07) is 8.27. The molecule has 0 radical (unpaired) electrons. The van der Waals surface area contributed by atoms with E-state index in [4.69, 9.17) is 0 Å². The maximum absolute atomic E-state index is 4.26. The fourth-order valence-electron chi connectivity index (χ4n) is 0.991. The molecule has 0 bridgehead atoms. The van der Waals surface area contributed by atoms with Gasteiger partial charge in [0.1, 0.15) is 5.01 Å². The number of aromatic nitrogens is 1. The van der Waals surface area contributed by atoms with E-state index < -0.39 is 0 Å². The molecule has 2 aromatic rings. The Morgan fingerprint density at radius 2 is 2.08 bits per heavy atom. The van der Waals surface area contributed by atoms with Crippen molar-refractivity contribution in [1.82, 2.24) is 4.98 Å². The second-order valence-electron chi connectivity index (χ2n) is 2.32. The topological polar surface area (TPSA) is 12.9 Å². The normalized spacial score (nSPS) is 10.1. The number of nitrogens with zero attached hydrogens (tertiary/aromatic N) is 1. The zero-order valence-electron chi connectivity index (χ0n) is 6.20. The van der Waals surface area contributed by atoms with Crippen LogP contribution >= 0.6 is 33.9 Å². The Hall–Kier alpha value is -0.420. The highest BCUT2D eigenvalue weighted by atomic mass is 127. The Kier molecular flexibility index (Phi) is 2.41. The van der Waals surface area contributed by atoms with Gasteiger partial charge in [0, 0.05) is 20.7 Å². The van der Waals surface area contributed by atoms with Crippen LogP contribution < -0.4 is 0 Å². The van der Waals surface area contributed by atoms with Crippen molar-refractivity contribution in [3.05, 3.63) is 39.4 Å². The molecule has 0 atom stereocenters. The smallest absolute Gasteiger partial charge is 0.124 e. The third-order valence-electron chi connectivity index (χ3n) is 1.54. The van der Waals surface area contributed by atoms with Gasteiger partial charge >= 0.3 is 0 Å². The molecular weight excluding hydrogens is 281 g/mol. The van der Waals surface area contributed by atoms with E-state index in [0.717, 1.165) is 5.01 Å². The minimum Gasteiger partial charge on any atom is -0.245 e. The molecule has 0 saturated heterocycles. The molecule has 0 saturated carbocycles. The van der Waals surface area contributed by atoms with Gasteiger partial charge in [-0.1, -0.05) is 18.2 Å². The standard InChI is InChI=1S/C9H6INS/c10-8-4-2-1-3-7(8)9-11-5-6-12-9/h1-6H. The van der Waals surface area contributed by atoms with Crippen LogP contribution in [0.25, 0.3) is 10.6 Å². The van der Waals surface area contributed by atoms with Crippen LogP contribution in [0.15, 0.2) is 35.8 Å². The summed E-state index contributed by atoms with van der Waals surface area (Å²) < 4.78 is 1.25. The van der Waals surface area contributed by atoms with E-state index in [1.807, 2.05) is 23.7 Å². The Morgan fingerprint density at radius 3 is 2.75 bits per heavy atom. The Labute approximate surface area is 88.6 Å². The van der Waals surface area contributed by atoms with Crippen LogP contribution in [0.5, 0.6) is 0 Å². The molecule has 0 N–H and O–H groups in total. The molecular formula is C9H6INS. The molecule has 1 nitrogen and oxygen atoms in total. The summed E-state index contributed by atoms with van der Waals surface area (Å²) in [5.41, 5.74) is 1.23. The highest BCUT2D eigenvalue weighted by Crippen LogP contribution is 2.26. The number of thiazole rings is 1. The molecule has 1 aromatic heterocycles. The average molecular weight is 287 g/mol. The molecule has 0 aliphatic heterocycles. The highest BCUT2D eigenvalue weighted by molar-refractivity contribution is 14.1. The summed E-state index contributed by atoms with van der Waals surface area (Å²) in [6.45, 7) is 0. The molecule has 0 amide bonds. The molecule has 0 unspecified atom stereocenters. The largest absolute Gasteiger partial charge is 0.245 e. The SMILES string of the molecule is Ic1ccccc1-c1nccs1. The van der Waals surface area contributed by atoms with Crippen LogP contribution in [0.1, 0.15) is 0 Å². The molecule has 0 aliphatic carbocycles. The molecule has 60 valence electrons. The van der Waals surface area contributed by atoms with E-state index in [1.54, 1.807) is 11.3 Å². The van der Waals surface area contributed by atoms with Gasteiger partial charge in [0.05, 0.1) is 0 Å². The van der Waals surface area contributed by atoms with Gasteiger partial charge in [-0.25, -0.2) is 4.98 Å². The lowest BCUT2D eigenvalue weighted by Crippen LogP contribution is -1.79. The van der Waals surface area contributed by atoms with Crippen molar-refractivity contribution in [2.24, 2.45) is 0 Å². The fourth-order valence-corrected chi connectivity index (χ4v) is 2.49. The Balaban J connectivity index is 2.55. The number of halogens is 1. The van der Waals surface area contributed by atoms with Gasteiger partial charge in [0.15, 0.2) is 0 Å². The lowest BCUT2D eigenvalue weighted by atomic mass is 10.2. The molecule has 0 fully saturated rings. The first kappa shape index (κ1) is 8.19. The minimum atomic E-state index is 1.10. The van der Waals surface area contributed by atoms with Gasteiger partial charge in [-0.05, 0) is 28.7 Å². The minimum absolute atomic E-state index is 1.10. The molecule has 1 heterocycles. The third kappa shape index (κ3) is 1.51. The van der Waals surface area contributed by atoms with Gasteiger partial charge in [-0.3, -0.25) is 0 Å². The van der Waals surface area contributed by atoms with Gasteiger partial charge in [0.25, 0.3) is 0 Å². The summed E-state index contributed by atoms with van der Waals surface area (Å²) >= 11 is 4.00. The molecule has 1 aromatic carbocycles. The predicted molar refractivity (Wildman–Crippen MR) is 60.3 cm³/mol. The summed E-state index contributed by atoms with van der Waals surface area (Å²) in [4.78, 5) is 4.26. The van der Waals surface area contributed by atoms with Crippen LogP contribution in [0, 0.1) is 3.57 Å². The average Bonchev–Trinajstić information content (AvgIpc) is 2.57. The van der Waals surface area contributed by atoms with Crippen LogP contribution in [0.3, 0.4) is 0 Å². The maximum Gasteiger partial charge on any atom is 0.124 e. The number of hydrogen-bond donors (Lipinski definition) is 0. The molecule has 0 spiro atoms. The predicted octanol–water partition coefficient (Wildman–Crippen LogP) is 3.41.